The van der Waals surface area contributed by atoms with Gasteiger partial charge in [-0.2, -0.15) is 0 Å². The lowest BCUT2D eigenvalue weighted by Gasteiger charge is -2.07. The highest BCUT2D eigenvalue weighted by molar-refractivity contribution is 7.90. The summed E-state index contributed by atoms with van der Waals surface area (Å²) < 4.78 is 51.1. The molecule has 0 aliphatic carbocycles. The second kappa shape index (κ2) is 7.85. The van der Waals surface area contributed by atoms with Gasteiger partial charge < -0.3 is 4.98 Å². The molecule has 172 valence electrons. The fraction of sp³-hybridized carbons (Fsp3) is 0.0909. The molecular weight excluding hydrogens is 476 g/mol. The minimum absolute atomic E-state index is 0.161. The van der Waals surface area contributed by atoms with Crippen molar-refractivity contribution in [3.63, 3.8) is 0 Å². The maximum absolute atomic E-state index is 13.1. The van der Waals surface area contributed by atoms with Gasteiger partial charge >= 0.3 is 0 Å². The number of hydrogen-bond acceptors (Lipinski definition) is 8. The van der Waals surface area contributed by atoms with Crippen LogP contribution in [-0.2, 0) is 19.9 Å². The van der Waals surface area contributed by atoms with E-state index in [1.54, 1.807) is 43.3 Å². The molecule has 0 bridgehead atoms. The van der Waals surface area contributed by atoms with E-state index in [4.69, 9.17) is 0 Å². The molecule has 0 atom stereocenters. The zero-order valence-electron chi connectivity index (χ0n) is 18.0. The van der Waals surface area contributed by atoms with Crippen LogP contribution in [0.1, 0.15) is 5.82 Å². The number of H-pyrrole nitrogens is 1. The average Bonchev–Trinajstić information content (AvgIpc) is 3.42. The van der Waals surface area contributed by atoms with E-state index in [2.05, 4.69) is 24.9 Å². The molecule has 0 spiro atoms. The Balaban J connectivity index is 1.62. The third-order valence-electron chi connectivity index (χ3n) is 5.11. The summed E-state index contributed by atoms with van der Waals surface area (Å²) in [6, 6.07) is 13.1. The van der Waals surface area contributed by atoms with Gasteiger partial charge in [0.1, 0.15) is 5.82 Å². The first-order valence-electron chi connectivity index (χ1n) is 10.0. The molecule has 5 rings (SSSR count). The number of pyridine rings is 1. The summed E-state index contributed by atoms with van der Waals surface area (Å²) in [6.07, 6.45) is 5.40. The van der Waals surface area contributed by atoms with E-state index in [1.165, 1.54) is 30.7 Å². The normalized spacial score (nSPS) is 12.3. The van der Waals surface area contributed by atoms with Gasteiger partial charge in [0, 0.05) is 35.8 Å². The van der Waals surface area contributed by atoms with Crippen molar-refractivity contribution in [1.29, 1.82) is 0 Å². The Bertz CT molecular complexity index is 1760. The van der Waals surface area contributed by atoms with Crippen LogP contribution >= 0.6 is 0 Å². The number of imidazole rings is 1. The maximum atomic E-state index is 13.1. The number of benzene rings is 1. The molecule has 5 aromatic rings. The Morgan fingerprint density at radius 3 is 2.44 bits per heavy atom. The molecule has 0 aliphatic heterocycles. The standard InChI is InChI=1S/C22H18N6O4S2/c1-14-25-19(20(26-14)18-8-10-23-22(27-18)33(2,29)30)16-12-15-9-11-28(21(15)24-13-16)34(31,32)17-6-4-3-5-7-17/h3-13H,1-2H3,(H,25,26). The molecule has 0 fully saturated rings. The molecule has 0 saturated carbocycles. The smallest absolute Gasteiger partial charge is 0.269 e. The fourth-order valence-corrected chi connectivity index (χ4v) is 5.42. The second-order valence-corrected chi connectivity index (χ2v) is 11.3. The third kappa shape index (κ3) is 3.76. The number of nitrogens with one attached hydrogen (secondary N) is 1. The highest BCUT2D eigenvalue weighted by Crippen LogP contribution is 2.31. The van der Waals surface area contributed by atoms with Crippen molar-refractivity contribution in [1.82, 2.24) is 28.9 Å². The first kappa shape index (κ1) is 21.9. The average molecular weight is 495 g/mol. The number of fused-ring (bicyclic) bond motifs is 1. The highest BCUT2D eigenvalue weighted by atomic mass is 32.2. The van der Waals surface area contributed by atoms with E-state index in [9.17, 15) is 16.8 Å². The molecule has 4 aromatic heterocycles. The summed E-state index contributed by atoms with van der Waals surface area (Å²) in [5.41, 5.74) is 2.25. The number of rotatable bonds is 5. The van der Waals surface area contributed by atoms with Gasteiger partial charge in [-0.25, -0.2) is 40.7 Å². The number of nitrogens with zero attached hydrogens (tertiary/aromatic N) is 5. The van der Waals surface area contributed by atoms with Crippen LogP contribution in [0.15, 0.2) is 77.2 Å². The summed E-state index contributed by atoms with van der Waals surface area (Å²) in [5.74, 6) is 0.592. The van der Waals surface area contributed by atoms with Crippen molar-refractivity contribution in [2.75, 3.05) is 6.26 Å². The molecule has 0 radical (unpaired) electrons. The van der Waals surface area contributed by atoms with E-state index in [1.807, 2.05) is 0 Å². The second-order valence-electron chi connectivity index (χ2n) is 7.61. The van der Waals surface area contributed by atoms with Crippen LogP contribution in [-0.4, -0.2) is 52.0 Å². The topological polar surface area (TPSA) is 141 Å². The molecule has 1 N–H and O–H groups in total. The van der Waals surface area contributed by atoms with Crippen molar-refractivity contribution >= 4 is 30.9 Å². The van der Waals surface area contributed by atoms with Crippen molar-refractivity contribution in [3.05, 3.63) is 72.9 Å². The van der Waals surface area contributed by atoms with Crippen LogP contribution in [0.4, 0.5) is 0 Å². The quantitative estimate of drug-likeness (QED) is 0.368. The minimum Gasteiger partial charge on any atom is -0.340 e. The first-order chi connectivity index (χ1) is 16.1. The Morgan fingerprint density at radius 2 is 1.71 bits per heavy atom. The van der Waals surface area contributed by atoms with Gasteiger partial charge in [-0.15, -0.1) is 0 Å². The van der Waals surface area contributed by atoms with Gasteiger partial charge in [0.15, 0.2) is 5.65 Å². The first-order valence-corrected chi connectivity index (χ1v) is 13.4. The van der Waals surface area contributed by atoms with Crippen LogP contribution in [0.2, 0.25) is 0 Å². The molecule has 12 heteroatoms. The fourth-order valence-electron chi connectivity index (χ4n) is 3.57. The van der Waals surface area contributed by atoms with Crippen LogP contribution in [0.25, 0.3) is 33.7 Å². The van der Waals surface area contributed by atoms with Crippen LogP contribution in [0.3, 0.4) is 0 Å². The zero-order valence-corrected chi connectivity index (χ0v) is 19.7. The van der Waals surface area contributed by atoms with Gasteiger partial charge in [-0.05, 0) is 37.3 Å². The molecular formula is C22H18N6O4S2. The molecule has 0 aliphatic rings. The van der Waals surface area contributed by atoms with Gasteiger partial charge in [0.2, 0.25) is 15.0 Å². The molecule has 34 heavy (non-hydrogen) atoms. The Kier molecular flexibility index (Phi) is 5.06. The predicted molar refractivity (Wildman–Crippen MR) is 125 cm³/mol. The van der Waals surface area contributed by atoms with Crippen molar-refractivity contribution in [3.8, 4) is 22.6 Å². The summed E-state index contributed by atoms with van der Waals surface area (Å²) in [4.78, 5) is 20.2. The van der Waals surface area contributed by atoms with Crippen molar-refractivity contribution < 1.29 is 16.8 Å². The molecule has 0 saturated heterocycles. The number of aromatic nitrogens is 6. The van der Waals surface area contributed by atoms with Gasteiger partial charge in [-0.1, -0.05) is 18.2 Å². The lowest BCUT2D eigenvalue weighted by molar-refractivity contribution is 0.588. The molecule has 0 amide bonds. The maximum Gasteiger partial charge on any atom is 0.269 e. The zero-order chi connectivity index (χ0) is 24.1. The van der Waals surface area contributed by atoms with E-state index < -0.39 is 19.9 Å². The predicted octanol–water partition coefficient (Wildman–Crippen LogP) is 2.83. The summed E-state index contributed by atoms with van der Waals surface area (Å²) >= 11 is 0. The third-order valence-corrected chi connectivity index (χ3v) is 7.65. The minimum atomic E-state index is -3.81. The highest BCUT2D eigenvalue weighted by Gasteiger charge is 2.21. The van der Waals surface area contributed by atoms with Crippen molar-refractivity contribution in [2.45, 2.75) is 17.0 Å². The number of hydrogen-bond donors (Lipinski definition) is 1. The van der Waals surface area contributed by atoms with Crippen molar-refractivity contribution in [2.24, 2.45) is 0 Å². The molecule has 4 heterocycles. The number of aryl methyl sites for hydroxylation is 1. The Hall–Kier alpha value is -3.90. The van der Waals surface area contributed by atoms with E-state index in [0.717, 1.165) is 10.2 Å². The monoisotopic (exact) mass is 494 g/mol. The van der Waals surface area contributed by atoms with Gasteiger partial charge in [0.05, 0.1) is 22.0 Å². The summed E-state index contributed by atoms with van der Waals surface area (Å²) in [5, 5.41) is 0.308. The van der Waals surface area contributed by atoms with Gasteiger partial charge in [-0.3, -0.25) is 0 Å². The van der Waals surface area contributed by atoms with E-state index >= 15 is 0 Å². The molecule has 10 nitrogen and oxygen atoms in total. The lowest BCUT2D eigenvalue weighted by Crippen LogP contribution is -2.12. The molecule has 0 unspecified atom stereocenters. The number of sulfone groups is 1. The Labute approximate surface area is 195 Å². The summed E-state index contributed by atoms with van der Waals surface area (Å²) in [6.45, 7) is 1.76. The number of aromatic amines is 1. The van der Waals surface area contributed by atoms with Crippen LogP contribution in [0.5, 0.6) is 0 Å². The summed E-state index contributed by atoms with van der Waals surface area (Å²) in [7, 11) is -7.40. The molecule has 1 aromatic carbocycles. The van der Waals surface area contributed by atoms with Crippen LogP contribution < -0.4 is 0 Å². The Morgan fingerprint density at radius 1 is 0.941 bits per heavy atom. The van der Waals surface area contributed by atoms with E-state index in [-0.39, 0.29) is 15.7 Å². The van der Waals surface area contributed by atoms with E-state index in [0.29, 0.717) is 33.9 Å². The largest absolute Gasteiger partial charge is 0.340 e. The van der Waals surface area contributed by atoms with Gasteiger partial charge in [0.25, 0.3) is 10.0 Å². The lowest BCUT2D eigenvalue weighted by atomic mass is 10.1. The SMILES string of the molecule is Cc1nc(-c2cnc3c(ccn3S(=O)(=O)c3ccccc3)c2)c(-c2ccnc(S(C)(=O)=O)n2)[nH]1. The van der Waals surface area contributed by atoms with Crippen LogP contribution in [0, 0.1) is 6.92 Å².